The van der Waals surface area contributed by atoms with Crippen LogP contribution in [0.5, 0.6) is 0 Å². The maximum atomic E-state index is 2.39. The van der Waals surface area contributed by atoms with E-state index in [1.165, 1.54) is 126 Å². The lowest BCUT2D eigenvalue weighted by Crippen LogP contribution is -2.47. The first-order valence-corrected chi connectivity index (χ1v) is 55.5. The molecule has 0 bridgehead atoms. The molecule has 18 rings (SSSR count). The van der Waals surface area contributed by atoms with Crippen LogP contribution in [0.3, 0.4) is 0 Å². The molecule has 0 aromatic heterocycles. The van der Waals surface area contributed by atoms with Gasteiger partial charge in [-0.25, -0.2) is 0 Å². The van der Waals surface area contributed by atoms with Crippen molar-refractivity contribution in [2.75, 3.05) is 0 Å². The summed E-state index contributed by atoms with van der Waals surface area (Å²) in [5, 5.41) is 0. The van der Waals surface area contributed by atoms with Gasteiger partial charge in [-0.1, -0.05) is 711 Å². The smallest absolute Gasteiger partial charge is 0.0309 e. The van der Waals surface area contributed by atoms with Crippen LogP contribution in [0, 0.1) is 10.8 Å². The SMILES string of the molecule is CC(c1ccccc1)(c1ccccc1)C(C)(c1ccccc1)c1ccccc1.CCC(C)(CC)C(C)(C)C.CCC(C)(c1ccccc1)c1ccccc1.CCC(C)(c1ccccc1)c1ccccc1.CC[C@@H](C)c1ccccc1.CC[C@H](C)c1ccccc1.C[C@@H](c1ccccc1)C(C)(c1ccccc1)c1ccccc1.C[C@H](c1ccccc1)C(C)(c1ccccc1)c1ccccc1.C[C@H](c1ccccc1)[C@@H](C)c1ccccc1. The Kier molecular flexibility index (Phi) is 46.7. The Labute approximate surface area is 909 Å². The van der Waals surface area contributed by atoms with E-state index in [2.05, 4.69) is 698 Å². The van der Waals surface area contributed by atoms with Crippen molar-refractivity contribution >= 4 is 0 Å². The predicted octanol–water partition coefficient (Wildman–Crippen LogP) is 42.2. The van der Waals surface area contributed by atoms with Crippen LogP contribution in [0.4, 0.5) is 0 Å². The quantitative estimate of drug-likeness (QED) is 0.0458. The largest absolute Gasteiger partial charge is 0.0648 e. The van der Waals surface area contributed by atoms with Crippen LogP contribution < -0.4 is 0 Å². The maximum Gasteiger partial charge on any atom is 0.0309 e. The van der Waals surface area contributed by atoms with E-state index in [-0.39, 0.29) is 32.5 Å². The first kappa shape index (κ1) is 118. The van der Waals surface area contributed by atoms with E-state index in [9.17, 15) is 0 Å². The zero-order chi connectivity index (χ0) is 108. The van der Waals surface area contributed by atoms with Crippen LogP contribution in [0.1, 0.15) is 326 Å². The molecule has 18 aromatic rings. The van der Waals surface area contributed by atoms with Gasteiger partial charge in [0.1, 0.15) is 0 Å². The average molecular weight is 1980 g/mol. The maximum absolute atomic E-state index is 2.39. The van der Waals surface area contributed by atoms with E-state index in [1.807, 2.05) is 0 Å². The number of hydrogen-bond donors (Lipinski definition) is 0. The van der Waals surface area contributed by atoms with Crippen LogP contribution in [-0.4, -0.2) is 0 Å². The highest BCUT2D eigenvalue weighted by molar-refractivity contribution is 5.55. The van der Waals surface area contributed by atoms with E-state index in [0.717, 1.165) is 12.8 Å². The lowest BCUT2D eigenvalue weighted by atomic mass is 9.53. The molecule has 0 aliphatic rings. The molecule has 18 aromatic carbocycles. The van der Waals surface area contributed by atoms with Crippen molar-refractivity contribution in [3.63, 3.8) is 0 Å². The van der Waals surface area contributed by atoms with Gasteiger partial charge in [-0.05, 0) is 172 Å². The van der Waals surface area contributed by atoms with Gasteiger partial charge in [0.15, 0.2) is 0 Å². The molecule has 0 heterocycles. The Morgan fingerprint density at radius 1 is 0.153 bits per heavy atom. The highest BCUT2D eigenvalue weighted by atomic mass is 14.5. The summed E-state index contributed by atoms with van der Waals surface area (Å²) < 4.78 is 0. The Morgan fingerprint density at radius 2 is 0.293 bits per heavy atom. The molecule has 6 atom stereocenters. The van der Waals surface area contributed by atoms with E-state index >= 15 is 0 Å². The summed E-state index contributed by atoms with van der Waals surface area (Å²) >= 11 is 0. The Balaban J connectivity index is 0.000000176. The summed E-state index contributed by atoms with van der Waals surface area (Å²) in [6.07, 6.45) is 7.25. The van der Waals surface area contributed by atoms with E-state index in [1.54, 1.807) is 0 Å². The highest BCUT2D eigenvalue weighted by Crippen LogP contribution is 2.54. The third kappa shape index (κ3) is 31.1. The average Bonchev–Trinajstić information content (AvgIpc) is 0.714. The van der Waals surface area contributed by atoms with Crippen molar-refractivity contribution in [3.8, 4) is 0 Å². The van der Waals surface area contributed by atoms with Gasteiger partial charge in [0.25, 0.3) is 0 Å². The second kappa shape index (κ2) is 59.4. The molecule has 150 heavy (non-hydrogen) atoms. The van der Waals surface area contributed by atoms with Crippen LogP contribution >= 0.6 is 0 Å². The summed E-state index contributed by atoms with van der Waals surface area (Å²) in [7, 11) is 0. The van der Waals surface area contributed by atoms with E-state index < -0.39 is 0 Å². The first-order valence-electron chi connectivity index (χ1n) is 55.5. The van der Waals surface area contributed by atoms with Gasteiger partial charge in [-0.3, -0.25) is 0 Å². The summed E-state index contributed by atoms with van der Waals surface area (Å²) in [4.78, 5) is 0. The van der Waals surface area contributed by atoms with Gasteiger partial charge in [-0.2, -0.15) is 0 Å². The van der Waals surface area contributed by atoms with Crippen molar-refractivity contribution in [2.45, 2.75) is 259 Å². The second-order valence-electron chi connectivity index (χ2n) is 43.0. The van der Waals surface area contributed by atoms with Crippen molar-refractivity contribution in [1.82, 2.24) is 0 Å². The van der Waals surface area contributed by atoms with Crippen LogP contribution in [0.15, 0.2) is 546 Å². The molecule has 0 aliphatic carbocycles. The van der Waals surface area contributed by atoms with Crippen LogP contribution in [0.25, 0.3) is 0 Å². The van der Waals surface area contributed by atoms with Crippen molar-refractivity contribution < 1.29 is 0 Å². The minimum absolute atomic E-state index is 0.0517. The molecule has 0 unspecified atom stereocenters. The molecule has 0 fully saturated rings. The van der Waals surface area contributed by atoms with Gasteiger partial charge in [0.2, 0.25) is 0 Å². The fraction of sp³-hybridized carbons (Fsp3) is 0.280. The molecule has 0 aliphatic heterocycles. The third-order valence-electron chi connectivity index (χ3n) is 34.0. The second-order valence-corrected chi connectivity index (χ2v) is 43.0. The van der Waals surface area contributed by atoms with Crippen LogP contribution in [0.2, 0.25) is 0 Å². The molecule has 0 heteroatoms. The zero-order valence-corrected chi connectivity index (χ0v) is 94.7. The van der Waals surface area contributed by atoms with E-state index in [0.29, 0.717) is 46.3 Å². The van der Waals surface area contributed by atoms with Gasteiger partial charge >= 0.3 is 0 Å². The monoisotopic (exact) mass is 1980 g/mol. The standard InChI is InChI=1S/C28H26.2C22H22.3C16H18.2C10H14.C10H22/c1-27(23-15-7-3-8-16-23,24-17-9-4-10-18-24)28(2,25-19-11-5-12-20-25)26-21-13-6-14-22-26;2*1-18(19-12-6-3-7-13-19)22(2,20-14-8-4-9-15-20)21-16-10-5-11-17-21;1-13(15-9-5-3-6-10-15)14(2)16-11-7-4-8-12-16;2*1-3-16(2,14-10-6-4-7-11-14)15-12-8-5-9-13-15;2*1-3-9(2)10-7-5-4-6-8-10;1-7-10(6,8-2)9(3,4)5/h3-22H,1-2H3;2*3-18H,1-2H3;3-14H,1-2H3;2*4-13H,3H2,1-2H3;2*4-9H,3H2,1-2H3;7-8H2,1-6H3/t;2*18-;13-,14+;;;2*9-;/m.10...10./s1. The minimum atomic E-state index is -0.252. The minimum Gasteiger partial charge on any atom is -0.0648 e. The Bertz CT molecular complexity index is 5930. The fourth-order valence-corrected chi connectivity index (χ4v) is 21.0. The summed E-state index contributed by atoms with van der Waals surface area (Å²) in [6.45, 7) is 50.8. The zero-order valence-electron chi connectivity index (χ0n) is 94.7. The first-order chi connectivity index (χ1) is 72.5. The lowest BCUT2D eigenvalue weighted by Gasteiger charge is -2.48. The molecule has 0 saturated carbocycles. The van der Waals surface area contributed by atoms with Crippen molar-refractivity contribution in [1.29, 1.82) is 0 Å². The molecular formula is C150H174. The Hall–Kier alpha value is -14.0. The Morgan fingerprint density at radius 3 is 0.433 bits per heavy atom. The van der Waals surface area contributed by atoms with Crippen molar-refractivity contribution in [3.05, 3.63) is 646 Å². The lowest BCUT2D eigenvalue weighted by molar-refractivity contribution is 0.0975. The molecule has 0 saturated heterocycles. The molecule has 0 N–H and O–H groups in total. The number of hydrogen-bond acceptors (Lipinski definition) is 0. The van der Waals surface area contributed by atoms with Gasteiger partial charge in [-0.15, -0.1) is 0 Å². The molecule has 0 amide bonds. The molecule has 0 radical (unpaired) electrons. The van der Waals surface area contributed by atoms with Gasteiger partial charge < -0.3 is 0 Å². The number of rotatable bonds is 28. The predicted molar refractivity (Wildman–Crippen MR) is 654 cm³/mol. The molecule has 774 valence electrons. The molecular weight excluding hydrogens is 1800 g/mol. The fourth-order valence-electron chi connectivity index (χ4n) is 21.0. The summed E-state index contributed by atoms with van der Waals surface area (Å²) in [6, 6.07) is 194. The summed E-state index contributed by atoms with van der Waals surface area (Å²) in [5.74, 6) is 3.31. The van der Waals surface area contributed by atoms with Crippen molar-refractivity contribution in [2.24, 2.45) is 10.8 Å². The number of benzene rings is 18. The molecule has 0 nitrogen and oxygen atoms in total. The van der Waals surface area contributed by atoms with E-state index in [4.69, 9.17) is 0 Å². The summed E-state index contributed by atoms with van der Waals surface area (Å²) in [5.41, 5.74) is 25.4. The third-order valence-corrected chi connectivity index (χ3v) is 34.0. The molecule has 0 spiro atoms. The van der Waals surface area contributed by atoms with Crippen LogP contribution in [-0.2, 0) is 32.5 Å². The highest BCUT2D eigenvalue weighted by Gasteiger charge is 2.50. The normalized spacial score (nSPS) is 12.6. The van der Waals surface area contributed by atoms with Gasteiger partial charge in [0, 0.05) is 32.5 Å². The topological polar surface area (TPSA) is 0 Å². The van der Waals surface area contributed by atoms with Gasteiger partial charge in [0.05, 0.1) is 0 Å².